The molecule has 0 aliphatic heterocycles. The molecular formula is C10H12N4O. The second-order valence-electron chi connectivity index (χ2n) is 3.33. The van der Waals surface area contributed by atoms with Gasteiger partial charge < -0.3 is 10.3 Å². The summed E-state index contributed by atoms with van der Waals surface area (Å²) in [7, 11) is 0. The van der Waals surface area contributed by atoms with E-state index in [1.807, 2.05) is 19.1 Å². The van der Waals surface area contributed by atoms with E-state index in [0.29, 0.717) is 18.3 Å². The Kier molecular flexibility index (Phi) is 2.73. The van der Waals surface area contributed by atoms with Gasteiger partial charge in [0, 0.05) is 30.4 Å². The normalized spacial score (nSPS) is 12.7. The molecule has 2 heterocycles. The Labute approximate surface area is 87.3 Å². The van der Waals surface area contributed by atoms with E-state index in [1.165, 1.54) is 0 Å². The standard InChI is InChI=1S/C10H12N4O/c1-7(6-11)9-13-10(15-14-9)8-2-4-12-5-3-8/h2-5,7H,6,11H2,1H3. The Morgan fingerprint density at radius 2 is 2.13 bits per heavy atom. The first kappa shape index (κ1) is 9.79. The third kappa shape index (κ3) is 2.02. The molecule has 2 N–H and O–H groups in total. The highest BCUT2D eigenvalue weighted by Crippen LogP contribution is 2.18. The van der Waals surface area contributed by atoms with Gasteiger partial charge in [-0.15, -0.1) is 0 Å². The smallest absolute Gasteiger partial charge is 0.258 e. The highest BCUT2D eigenvalue weighted by atomic mass is 16.5. The van der Waals surface area contributed by atoms with E-state index in [4.69, 9.17) is 10.3 Å². The minimum Gasteiger partial charge on any atom is -0.334 e. The Balaban J connectivity index is 2.28. The van der Waals surface area contributed by atoms with Crippen molar-refractivity contribution >= 4 is 0 Å². The van der Waals surface area contributed by atoms with Crippen LogP contribution in [0.15, 0.2) is 29.0 Å². The van der Waals surface area contributed by atoms with Crippen molar-refractivity contribution in [3.05, 3.63) is 30.4 Å². The van der Waals surface area contributed by atoms with Crippen LogP contribution in [0.3, 0.4) is 0 Å². The van der Waals surface area contributed by atoms with Gasteiger partial charge in [-0.25, -0.2) is 0 Å². The molecule has 15 heavy (non-hydrogen) atoms. The van der Waals surface area contributed by atoms with Crippen molar-refractivity contribution < 1.29 is 4.52 Å². The van der Waals surface area contributed by atoms with Crippen molar-refractivity contribution in [3.8, 4) is 11.5 Å². The van der Waals surface area contributed by atoms with Crippen LogP contribution in [0, 0.1) is 0 Å². The first-order chi connectivity index (χ1) is 7.31. The molecule has 78 valence electrons. The summed E-state index contributed by atoms with van der Waals surface area (Å²) in [5.41, 5.74) is 6.39. The highest BCUT2D eigenvalue weighted by molar-refractivity contribution is 5.51. The van der Waals surface area contributed by atoms with Gasteiger partial charge in [0.1, 0.15) is 0 Å². The van der Waals surface area contributed by atoms with Crippen LogP contribution < -0.4 is 5.73 Å². The molecule has 2 rings (SSSR count). The molecule has 2 aromatic heterocycles. The lowest BCUT2D eigenvalue weighted by Gasteiger charge is -1.98. The topological polar surface area (TPSA) is 77.8 Å². The van der Waals surface area contributed by atoms with E-state index in [9.17, 15) is 0 Å². The molecule has 0 aliphatic rings. The second kappa shape index (κ2) is 4.18. The van der Waals surface area contributed by atoms with Gasteiger partial charge in [-0.1, -0.05) is 12.1 Å². The molecule has 0 bridgehead atoms. The molecule has 5 heteroatoms. The van der Waals surface area contributed by atoms with Crippen LogP contribution in [-0.2, 0) is 0 Å². The van der Waals surface area contributed by atoms with Crippen LogP contribution >= 0.6 is 0 Å². The predicted octanol–water partition coefficient (Wildman–Crippen LogP) is 1.19. The highest BCUT2D eigenvalue weighted by Gasteiger charge is 2.12. The van der Waals surface area contributed by atoms with E-state index < -0.39 is 0 Å². The van der Waals surface area contributed by atoms with Crippen LogP contribution in [0.4, 0.5) is 0 Å². The van der Waals surface area contributed by atoms with Crippen LogP contribution in [0.2, 0.25) is 0 Å². The molecule has 1 atom stereocenters. The van der Waals surface area contributed by atoms with Crippen LogP contribution in [0.25, 0.3) is 11.5 Å². The van der Waals surface area contributed by atoms with Gasteiger partial charge in [0.15, 0.2) is 5.82 Å². The summed E-state index contributed by atoms with van der Waals surface area (Å²) >= 11 is 0. The van der Waals surface area contributed by atoms with Crippen LogP contribution in [0.1, 0.15) is 18.7 Å². The Bertz CT molecular complexity index is 426. The monoisotopic (exact) mass is 204 g/mol. The summed E-state index contributed by atoms with van der Waals surface area (Å²) in [5, 5.41) is 3.88. The van der Waals surface area contributed by atoms with E-state index in [1.54, 1.807) is 12.4 Å². The molecule has 0 fully saturated rings. The quantitative estimate of drug-likeness (QED) is 0.812. The summed E-state index contributed by atoms with van der Waals surface area (Å²) in [6.45, 7) is 2.47. The number of nitrogens with zero attached hydrogens (tertiary/aromatic N) is 3. The SMILES string of the molecule is CC(CN)c1noc(-c2ccncc2)n1. The lowest BCUT2D eigenvalue weighted by molar-refractivity contribution is 0.418. The second-order valence-corrected chi connectivity index (χ2v) is 3.33. The first-order valence-electron chi connectivity index (χ1n) is 4.75. The van der Waals surface area contributed by atoms with E-state index in [0.717, 1.165) is 5.56 Å². The largest absolute Gasteiger partial charge is 0.334 e. The van der Waals surface area contributed by atoms with Gasteiger partial charge in [-0.3, -0.25) is 4.98 Å². The van der Waals surface area contributed by atoms with Crippen LogP contribution in [0.5, 0.6) is 0 Å². The van der Waals surface area contributed by atoms with Gasteiger partial charge in [-0.05, 0) is 12.1 Å². The van der Waals surface area contributed by atoms with E-state index in [2.05, 4.69) is 15.1 Å². The minimum absolute atomic E-state index is 0.115. The third-order valence-electron chi connectivity index (χ3n) is 2.16. The maximum absolute atomic E-state index is 5.52. The zero-order valence-electron chi connectivity index (χ0n) is 8.42. The number of rotatable bonds is 3. The van der Waals surface area contributed by atoms with Gasteiger partial charge in [0.05, 0.1) is 0 Å². The number of hydrogen-bond donors (Lipinski definition) is 1. The Hall–Kier alpha value is -1.75. The molecule has 0 amide bonds. The molecule has 0 saturated heterocycles. The van der Waals surface area contributed by atoms with Crippen molar-refractivity contribution in [2.45, 2.75) is 12.8 Å². The van der Waals surface area contributed by atoms with E-state index in [-0.39, 0.29) is 5.92 Å². The summed E-state index contributed by atoms with van der Waals surface area (Å²) < 4.78 is 5.13. The van der Waals surface area contributed by atoms with Gasteiger partial charge in [-0.2, -0.15) is 4.98 Å². The fraction of sp³-hybridized carbons (Fsp3) is 0.300. The van der Waals surface area contributed by atoms with Crippen LogP contribution in [-0.4, -0.2) is 21.7 Å². The Morgan fingerprint density at radius 3 is 2.80 bits per heavy atom. The van der Waals surface area contributed by atoms with Crippen molar-refractivity contribution in [1.82, 2.24) is 15.1 Å². The summed E-state index contributed by atoms with van der Waals surface area (Å²) in [6.07, 6.45) is 3.37. The maximum atomic E-state index is 5.52. The van der Waals surface area contributed by atoms with Crippen molar-refractivity contribution in [1.29, 1.82) is 0 Å². The Morgan fingerprint density at radius 1 is 1.40 bits per heavy atom. The molecule has 0 radical (unpaired) electrons. The minimum atomic E-state index is 0.115. The molecule has 0 saturated carbocycles. The number of aromatic nitrogens is 3. The third-order valence-corrected chi connectivity index (χ3v) is 2.16. The average Bonchev–Trinajstić information content (AvgIpc) is 2.78. The first-order valence-corrected chi connectivity index (χ1v) is 4.75. The van der Waals surface area contributed by atoms with Crippen molar-refractivity contribution in [3.63, 3.8) is 0 Å². The zero-order valence-corrected chi connectivity index (χ0v) is 8.42. The predicted molar refractivity (Wildman–Crippen MR) is 55.0 cm³/mol. The fourth-order valence-electron chi connectivity index (χ4n) is 1.15. The fourth-order valence-corrected chi connectivity index (χ4v) is 1.15. The molecular weight excluding hydrogens is 192 g/mol. The molecule has 0 aliphatic carbocycles. The average molecular weight is 204 g/mol. The summed E-state index contributed by atoms with van der Waals surface area (Å²) in [4.78, 5) is 8.18. The van der Waals surface area contributed by atoms with E-state index >= 15 is 0 Å². The van der Waals surface area contributed by atoms with Gasteiger partial charge >= 0.3 is 0 Å². The lowest BCUT2D eigenvalue weighted by atomic mass is 10.2. The number of hydrogen-bond acceptors (Lipinski definition) is 5. The maximum Gasteiger partial charge on any atom is 0.258 e. The van der Waals surface area contributed by atoms with Gasteiger partial charge in [0.2, 0.25) is 0 Å². The zero-order chi connectivity index (χ0) is 10.7. The van der Waals surface area contributed by atoms with Crippen molar-refractivity contribution in [2.24, 2.45) is 5.73 Å². The van der Waals surface area contributed by atoms with Gasteiger partial charge in [0.25, 0.3) is 5.89 Å². The number of nitrogens with two attached hydrogens (primary N) is 1. The lowest BCUT2D eigenvalue weighted by Crippen LogP contribution is -2.10. The number of pyridine rings is 1. The molecule has 1 unspecified atom stereocenters. The molecule has 2 aromatic rings. The van der Waals surface area contributed by atoms with Crippen molar-refractivity contribution in [2.75, 3.05) is 6.54 Å². The molecule has 0 aromatic carbocycles. The summed E-state index contributed by atoms with van der Waals surface area (Å²) in [6, 6.07) is 3.65. The molecule has 0 spiro atoms. The molecule has 5 nitrogen and oxygen atoms in total. The summed E-state index contributed by atoms with van der Waals surface area (Å²) in [5.74, 6) is 1.27.